The number of benzene rings is 3. The lowest BCUT2D eigenvalue weighted by molar-refractivity contribution is 0.0992. The van der Waals surface area contributed by atoms with Crippen molar-refractivity contribution in [2.24, 2.45) is 0 Å². The van der Waals surface area contributed by atoms with Crippen LogP contribution in [0.3, 0.4) is 0 Å². The largest absolute Gasteiger partial charge is 0.455 e. The molecule has 0 spiro atoms. The molecule has 4 aromatic rings. The molecular formula is C30H31FN2O2. The maximum atomic E-state index is 13.1. The zero-order valence-corrected chi connectivity index (χ0v) is 20.4. The van der Waals surface area contributed by atoms with E-state index in [1.54, 1.807) is 6.07 Å². The van der Waals surface area contributed by atoms with Crippen molar-refractivity contribution in [1.82, 2.24) is 4.90 Å². The standard InChI is InChI=1S/C30H31FN2O2/c1-30(2,3)24-11-9-23(10-12-24)20-33(19-22-7-5-4-6-8-22)21-27-17-18-28(35-27)29(34)32-26-15-13-25(31)14-16-26/h4-18H,19-21H2,1-3H3,(H,32,34). The fraction of sp³-hybridized carbons (Fsp3) is 0.233. The number of halogens is 1. The van der Waals surface area contributed by atoms with Gasteiger partial charge in [0.25, 0.3) is 5.91 Å². The summed E-state index contributed by atoms with van der Waals surface area (Å²) >= 11 is 0. The van der Waals surface area contributed by atoms with Gasteiger partial charge in [0, 0.05) is 18.8 Å². The predicted molar refractivity (Wildman–Crippen MR) is 138 cm³/mol. The van der Waals surface area contributed by atoms with Gasteiger partial charge in [-0.15, -0.1) is 0 Å². The van der Waals surface area contributed by atoms with Crippen molar-refractivity contribution in [2.45, 2.75) is 45.8 Å². The fourth-order valence-electron chi connectivity index (χ4n) is 3.91. The summed E-state index contributed by atoms with van der Waals surface area (Å²) in [7, 11) is 0. The van der Waals surface area contributed by atoms with Gasteiger partial charge in [0.15, 0.2) is 5.76 Å². The number of nitrogens with zero attached hydrogens (tertiary/aromatic N) is 1. The SMILES string of the molecule is CC(C)(C)c1ccc(CN(Cc2ccccc2)Cc2ccc(C(=O)Nc3ccc(F)cc3)o2)cc1. The van der Waals surface area contributed by atoms with E-state index >= 15 is 0 Å². The number of hydrogen-bond acceptors (Lipinski definition) is 3. The summed E-state index contributed by atoms with van der Waals surface area (Å²) in [5.41, 5.74) is 4.35. The number of nitrogens with one attached hydrogen (secondary N) is 1. The first-order valence-electron chi connectivity index (χ1n) is 11.8. The average molecular weight is 471 g/mol. The van der Waals surface area contributed by atoms with E-state index in [0.29, 0.717) is 18.0 Å². The van der Waals surface area contributed by atoms with E-state index in [-0.39, 0.29) is 22.9 Å². The lowest BCUT2D eigenvalue weighted by Gasteiger charge is -2.23. The van der Waals surface area contributed by atoms with E-state index in [1.807, 2.05) is 24.3 Å². The van der Waals surface area contributed by atoms with Crippen LogP contribution in [0.1, 0.15) is 53.8 Å². The molecule has 5 heteroatoms. The molecule has 1 N–H and O–H groups in total. The topological polar surface area (TPSA) is 45.5 Å². The van der Waals surface area contributed by atoms with Crippen LogP contribution in [0.25, 0.3) is 0 Å². The molecule has 0 aliphatic rings. The number of carbonyl (C=O) groups is 1. The number of anilines is 1. The van der Waals surface area contributed by atoms with Crippen LogP contribution in [-0.2, 0) is 25.0 Å². The molecule has 0 radical (unpaired) electrons. The minimum atomic E-state index is -0.366. The van der Waals surface area contributed by atoms with Crippen molar-refractivity contribution >= 4 is 11.6 Å². The summed E-state index contributed by atoms with van der Waals surface area (Å²) in [5, 5.41) is 2.74. The zero-order chi connectivity index (χ0) is 24.8. The van der Waals surface area contributed by atoms with Crippen molar-refractivity contribution in [3.8, 4) is 0 Å². The Morgan fingerprint density at radius 3 is 2.06 bits per heavy atom. The second-order valence-electron chi connectivity index (χ2n) is 9.80. The predicted octanol–water partition coefficient (Wildman–Crippen LogP) is 7.17. The third-order valence-electron chi connectivity index (χ3n) is 5.84. The number of hydrogen-bond donors (Lipinski definition) is 1. The molecule has 4 nitrogen and oxygen atoms in total. The second kappa shape index (κ2) is 10.7. The Morgan fingerprint density at radius 1 is 0.800 bits per heavy atom. The zero-order valence-electron chi connectivity index (χ0n) is 20.4. The summed E-state index contributed by atoms with van der Waals surface area (Å²) < 4.78 is 19.0. The van der Waals surface area contributed by atoms with E-state index in [0.717, 1.165) is 13.1 Å². The van der Waals surface area contributed by atoms with Crippen molar-refractivity contribution in [3.63, 3.8) is 0 Å². The van der Waals surface area contributed by atoms with Gasteiger partial charge in [0.1, 0.15) is 11.6 Å². The Bertz CT molecular complexity index is 1240. The highest BCUT2D eigenvalue weighted by Gasteiger charge is 2.16. The van der Waals surface area contributed by atoms with Gasteiger partial charge in [0.2, 0.25) is 0 Å². The molecule has 0 saturated heterocycles. The number of rotatable bonds is 8. The first kappa shape index (κ1) is 24.4. The van der Waals surface area contributed by atoms with Crippen molar-refractivity contribution in [3.05, 3.63) is 125 Å². The first-order valence-corrected chi connectivity index (χ1v) is 11.8. The molecule has 4 rings (SSSR count). The summed E-state index contributed by atoms with van der Waals surface area (Å²) in [6.07, 6.45) is 0. The third-order valence-corrected chi connectivity index (χ3v) is 5.84. The minimum Gasteiger partial charge on any atom is -0.455 e. The summed E-state index contributed by atoms with van der Waals surface area (Å²) in [6.45, 7) is 8.69. The molecule has 0 unspecified atom stereocenters. The molecule has 180 valence electrons. The molecule has 1 heterocycles. The van der Waals surface area contributed by atoms with E-state index in [9.17, 15) is 9.18 Å². The Morgan fingerprint density at radius 2 is 1.43 bits per heavy atom. The van der Waals surface area contributed by atoms with Crippen LogP contribution in [0.2, 0.25) is 0 Å². The minimum absolute atomic E-state index is 0.112. The first-order chi connectivity index (χ1) is 16.8. The van der Waals surface area contributed by atoms with E-state index in [2.05, 4.69) is 67.4 Å². The molecular weight excluding hydrogens is 439 g/mol. The Hall–Kier alpha value is -3.70. The van der Waals surface area contributed by atoms with E-state index in [4.69, 9.17) is 4.42 Å². The van der Waals surface area contributed by atoms with Gasteiger partial charge in [-0.05, 0) is 58.5 Å². The fourth-order valence-corrected chi connectivity index (χ4v) is 3.91. The van der Waals surface area contributed by atoms with Gasteiger partial charge in [-0.2, -0.15) is 0 Å². The molecule has 1 aromatic heterocycles. The van der Waals surface area contributed by atoms with Crippen LogP contribution in [0, 0.1) is 5.82 Å². The highest BCUT2D eigenvalue weighted by Crippen LogP contribution is 2.23. The average Bonchev–Trinajstić information content (AvgIpc) is 3.30. The molecule has 1 amide bonds. The molecule has 35 heavy (non-hydrogen) atoms. The third kappa shape index (κ3) is 6.90. The summed E-state index contributed by atoms with van der Waals surface area (Å²) in [6, 6.07) is 28.2. The Kier molecular flexibility index (Phi) is 7.47. The van der Waals surface area contributed by atoms with Gasteiger partial charge in [-0.3, -0.25) is 9.69 Å². The molecule has 0 aliphatic carbocycles. The monoisotopic (exact) mass is 470 g/mol. The highest BCUT2D eigenvalue weighted by molar-refractivity contribution is 6.02. The van der Waals surface area contributed by atoms with Gasteiger partial charge < -0.3 is 9.73 Å². The van der Waals surface area contributed by atoms with Crippen molar-refractivity contribution in [2.75, 3.05) is 5.32 Å². The van der Waals surface area contributed by atoms with Gasteiger partial charge in [-0.1, -0.05) is 75.4 Å². The summed E-state index contributed by atoms with van der Waals surface area (Å²) in [4.78, 5) is 14.9. The Balaban J connectivity index is 1.47. The van der Waals surface area contributed by atoms with E-state index < -0.39 is 0 Å². The smallest absolute Gasteiger partial charge is 0.291 e. The maximum Gasteiger partial charge on any atom is 0.291 e. The molecule has 0 fully saturated rings. The lowest BCUT2D eigenvalue weighted by atomic mass is 9.87. The van der Waals surface area contributed by atoms with Crippen LogP contribution in [0.5, 0.6) is 0 Å². The van der Waals surface area contributed by atoms with Crippen LogP contribution in [-0.4, -0.2) is 10.8 Å². The molecule has 0 bridgehead atoms. The quantitative estimate of drug-likeness (QED) is 0.297. The molecule has 0 saturated carbocycles. The number of carbonyl (C=O) groups excluding carboxylic acids is 1. The van der Waals surface area contributed by atoms with Crippen LogP contribution in [0.4, 0.5) is 10.1 Å². The highest BCUT2D eigenvalue weighted by atomic mass is 19.1. The van der Waals surface area contributed by atoms with Gasteiger partial charge >= 0.3 is 0 Å². The van der Waals surface area contributed by atoms with Crippen LogP contribution in [0.15, 0.2) is 95.4 Å². The number of furan rings is 1. The maximum absolute atomic E-state index is 13.1. The van der Waals surface area contributed by atoms with Crippen molar-refractivity contribution < 1.29 is 13.6 Å². The van der Waals surface area contributed by atoms with Gasteiger partial charge in [0.05, 0.1) is 6.54 Å². The van der Waals surface area contributed by atoms with Crippen molar-refractivity contribution in [1.29, 1.82) is 0 Å². The normalized spacial score (nSPS) is 11.6. The lowest BCUT2D eigenvalue weighted by Crippen LogP contribution is -2.22. The summed E-state index contributed by atoms with van der Waals surface area (Å²) in [5.74, 6) is 0.208. The molecule has 0 atom stereocenters. The molecule has 0 aliphatic heterocycles. The van der Waals surface area contributed by atoms with E-state index in [1.165, 1.54) is 41.0 Å². The second-order valence-corrected chi connectivity index (χ2v) is 9.80. The van der Waals surface area contributed by atoms with Crippen LogP contribution >= 0.6 is 0 Å². The number of amides is 1. The molecule has 3 aromatic carbocycles. The Labute approximate surface area is 206 Å². The van der Waals surface area contributed by atoms with Gasteiger partial charge in [-0.25, -0.2) is 4.39 Å². The van der Waals surface area contributed by atoms with Crippen LogP contribution < -0.4 is 5.32 Å².